The quantitative estimate of drug-likeness (QED) is 0.888. The van der Waals surface area contributed by atoms with E-state index in [1.165, 1.54) is 12.4 Å². The summed E-state index contributed by atoms with van der Waals surface area (Å²) < 4.78 is 26.9. The van der Waals surface area contributed by atoms with E-state index in [1.54, 1.807) is 31.3 Å². The number of rotatable bonds is 4. The normalized spacial score (nSPS) is 11.1. The molecule has 7 heteroatoms. The summed E-state index contributed by atoms with van der Waals surface area (Å²) in [5.41, 5.74) is 1.66. The van der Waals surface area contributed by atoms with Crippen LogP contribution in [-0.4, -0.2) is 25.4 Å². The highest BCUT2D eigenvalue weighted by atomic mass is 32.2. The molecule has 0 atom stereocenters. The van der Waals surface area contributed by atoms with Crippen LogP contribution in [0, 0.1) is 6.92 Å². The van der Waals surface area contributed by atoms with Gasteiger partial charge in [0.2, 0.25) is 0 Å². The molecule has 6 nitrogen and oxygen atoms in total. The van der Waals surface area contributed by atoms with Crippen molar-refractivity contribution < 1.29 is 8.42 Å². The first kappa shape index (κ1) is 13.3. The number of sulfonamides is 1. The zero-order valence-corrected chi connectivity index (χ0v) is 11.4. The van der Waals surface area contributed by atoms with E-state index in [2.05, 4.69) is 20.0 Å². The fraction of sp³-hybridized carbons (Fsp3) is 0.167. The van der Waals surface area contributed by atoms with Crippen molar-refractivity contribution >= 4 is 21.4 Å². The first-order chi connectivity index (χ1) is 9.03. The third kappa shape index (κ3) is 3.00. The van der Waals surface area contributed by atoms with Crippen LogP contribution in [0.3, 0.4) is 0 Å². The Balaban J connectivity index is 2.35. The number of hydrogen-bond acceptors (Lipinski definition) is 5. The van der Waals surface area contributed by atoms with Crippen LogP contribution in [0.5, 0.6) is 0 Å². The van der Waals surface area contributed by atoms with Gasteiger partial charge < -0.3 is 5.32 Å². The summed E-state index contributed by atoms with van der Waals surface area (Å²) >= 11 is 0. The van der Waals surface area contributed by atoms with Crippen molar-refractivity contribution in [3.05, 3.63) is 42.4 Å². The number of aromatic nitrogens is 2. The van der Waals surface area contributed by atoms with E-state index in [0.717, 1.165) is 5.69 Å². The maximum atomic E-state index is 12.2. The largest absolute Gasteiger partial charge is 0.386 e. The third-order valence-electron chi connectivity index (χ3n) is 2.46. The van der Waals surface area contributed by atoms with Gasteiger partial charge in [0.05, 0.1) is 17.6 Å². The SMILES string of the molecule is CNc1cccnc1S(=O)(=O)Nc1ccc(C)nc1. The Labute approximate surface area is 112 Å². The average molecular weight is 278 g/mol. The van der Waals surface area contributed by atoms with Crippen LogP contribution in [0.15, 0.2) is 41.7 Å². The lowest BCUT2D eigenvalue weighted by Crippen LogP contribution is -2.16. The van der Waals surface area contributed by atoms with E-state index in [9.17, 15) is 8.42 Å². The van der Waals surface area contributed by atoms with Crippen LogP contribution < -0.4 is 10.0 Å². The molecule has 0 bridgehead atoms. The molecule has 0 radical (unpaired) electrons. The van der Waals surface area contributed by atoms with Gasteiger partial charge in [-0.1, -0.05) is 0 Å². The molecule has 0 aromatic carbocycles. The molecule has 0 fully saturated rings. The molecule has 0 saturated heterocycles. The maximum absolute atomic E-state index is 12.2. The fourth-order valence-electron chi connectivity index (χ4n) is 1.53. The van der Waals surface area contributed by atoms with Gasteiger partial charge in [-0.2, -0.15) is 8.42 Å². The van der Waals surface area contributed by atoms with E-state index < -0.39 is 10.0 Å². The number of anilines is 2. The molecule has 2 rings (SSSR count). The summed E-state index contributed by atoms with van der Waals surface area (Å²) in [6, 6.07) is 6.70. The van der Waals surface area contributed by atoms with Crippen LogP contribution in [0.1, 0.15) is 5.69 Å². The van der Waals surface area contributed by atoms with Crippen molar-refractivity contribution in [3.63, 3.8) is 0 Å². The molecule has 0 unspecified atom stereocenters. The molecule has 0 aliphatic rings. The second-order valence-corrected chi connectivity index (χ2v) is 5.50. The van der Waals surface area contributed by atoms with Gasteiger partial charge in [0.25, 0.3) is 10.0 Å². The second kappa shape index (κ2) is 5.23. The topological polar surface area (TPSA) is 84.0 Å². The van der Waals surface area contributed by atoms with Gasteiger partial charge in [-0.15, -0.1) is 0 Å². The molecular weight excluding hydrogens is 264 g/mol. The highest BCUT2D eigenvalue weighted by Crippen LogP contribution is 2.20. The number of pyridine rings is 2. The molecule has 2 heterocycles. The summed E-state index contributed by atoms with van der Waals surface area (Å²) in [6.45, 7) is 1.83. The average Bonchev–Trinajstić information content (AvgIpc) is 2.41. The number of nitrogens with zero attached hydrogens (tertiary/aromatic N) is 2. The molecule has 19 heavy (non-hydrogen) atoms. The monoisotopic (exact) mass is 278 g/mol. The van der Waals surface area contributed by atoms with E-state index in [-0.39, 0.29) is 5.03 Å². The molecule has 0 amide bonds. The van der Waals surface area contributed by atoms with Gasteiger partial charge in [-0.25, -0.2) is 4.98 Å². The van der Waals surface area contributed by atoms with Gasteiger partial charge in [0, 0.05) is 18.9 Å². The number of nitrogens with one attached hydrogen (secondary N) is 2. The highest BCUT2D eigenvalue weighted by Gasteiger charge is 2.19. The molecule has 0 spiro atoms. The zero-order chi connectivity index (χ0) is 13.9. The molecule has 0 aliphatic heterocycles. The fourth-order valence-corrected chi connectivity index (χ4v) is 2.71. The maximum Gasteiger partial charge on any atom is 0.281 e. The van der Waals surface area contributed by atoms with Gasteiger partial charge in [-0.05, 0) is 31.2 Å². The third-order valence-corrected chi connectivity index (χ3v) is 3.80. The van der Waals surface area contributed by atoms with Crippen molar-refractivity contribution in [2.75, 3.05) is 17.1 Å². The van der Waals surface area contributed by atoms with E-state index in [4.69, 9.17) is 0 Å². The molecule has 2 N–H and O–H groups in total. The lowest BCUT2D eigenvalue weighted by molar-refractivity contribution is 0.598. The van der Waals surface area contributed by atoms with E-state index in [1.807, 2.05) is 6.92 Å². The lowest BCUT2D eigenvalue weighted by atomic mass is 10.4. The van der Waals surface area contributed by atoms with Gasteiger partial charge in [0.15, 0.2) is 5.03 Å². The summed E-state index contributed by atoms with van der Waals surface area (Å²) in [6.07, 6.45) is 2.90. The Hall–Kier alpha value is -2.15. The number of hydrogen-bond donors (Lipinski definition) is 2. The summed E-state index contributed by atoms with van der Waals surface area (Å²) in [4.78, 5) is 7.94. The minimum Gasteiger partial charge on any atom is -0.386 e. The number of aryl methyl sites for hydroxylation is 1. The smallest absolute Gasteiger partial charge is 0.281 e. The molecular formula is C12H14N4O2S. The predicted molar refractivity (Wildman–Crippen MR) is 73.6 cm³/mol. The molecule has 2 aromatic rings. The Bertz CT molecular complexity index is 668. The van der Waals surface area contributed by atoms with Crippen LogP contribution >= 0.6 is 0 Å². The standard InChI is InChI=1S/C12H14N4O2S/c1-9-5-6-10(8-15-9)16-19(17,18)12-11(13-2)4-3-7-14-12/h3-8,13,16H,1-2H3. The molecule has 100 valence electrons. The Morgan fingerprint density at radius 3 is 2.58 bits per heavy atom. The van der Waals surface area contributed by atoms with Crippen LogP contribution in [0.25, 0.3) is 0 Å². The summed E-state index contributed by atoms with van der Waals surface area (Å²) in [5.74, 6) is 0. The molecule has 0 aliphatic carbocycles. The molecule has 2 aromatic heterocycles. The zero-order valence-electron chi connectivity index (χ0n) is 10.6. The second-order valence-electron chi connectivity index (χ2n) is 3.90. The predicted octanol–water partition coefficient (Wildman–Crippen LogP) is 1.63. The van der Waals surface area contributed by atoms with Crippen LogP contribution in [-0.2, 0) is 10.0 Å². The highest BCUT2D eigenvalue weighted by molar-refractivity contribution is 7.92. The van der Waals surface area contributed by atoms with Gasteiger partial charge in [-0.3, -0.25) is 9.71 Å². The Morgan fingerprint density at radius 1 is 1.16 bits per heavy atom. The van der Waals surface area contributed by atoms with E-state index >= 15 is 0 Å². The minimum atomic E-state index is -3.73. The van der Waals surface area contributed by atoms with Crippen molar-refractivity contribution in [1.29, 1.82) is 0 Å². The minimum absolute atomic E-state index is 0.0434. The lowest BCUT2D eigenvalue weighted by Gasteiger charge is -2.10. The van der Waals surface area contributed by atoms with Crippen molar-refractivity contribution in [2.45, 2.75) is 11.9 Å². The van der Waals surface area contributed by atoms with Crippen LogP contribution in [0.4, 0.5) is 11.4 Å². The van der Waals surface area contributed by atoms with Crippen molar-refractivity contribution in [3.8, 4) is 0 Å². The molecule has 0 saturated carbocycles. The van der Waals surface area contributed by atoms with Crippen LogP contribution in [0.2, 0.25) is 0 Å². The van der Waals surface area contributed by atoms with Crippen molar-refractivity contribution in [1.82, 2.24) is 9.97 Å². The first-order valence-corrected chi connectivity index (χ1v) is 7.09. The van der Waals surface area contributed by atoms with E-state index in [0.29, 0.717) is 11.4 Å². The first-order valence-electron chi connectivity index (χ1n) is 5.61. The summed E-state index contributed by atoms with van der Waals surface area (Å²) in [7, 11) is -2.09. The Kier molecular flexibility index (Phi) is 3.66. The van der Waals surface area contributed by atoms with Gasteiger partial charge in [0.1, 0.15) is 0 Å². The summed E-state index contributed by atoms with van der Waals surface area (Å²) in [5, 5.41) is 2.76. The Morgan fingerprint density at radius 2 is 1.95 bits per heavy atom. The van der Waals surface area contributed by atoms with Gasteiger partial charge >= 0.3 is 0 Å². The van der Waals surface area contributed by atoms with Crippen molar-refractivity contribution in [2.24, 2.45) is 0 Å².